The topological polar surface area (TPSA) is 41.5 Å². The van der Waals surface area contributed by atoms with Crippen molar-refractivity contribution in [3.8, 4) is 5.75 Å². The minimum atomic E-state index is -0.145. The van der Waals surface area contributed by atoms with Gasteiger partial charge in [-0.3, -0.25) is 0 Å². The molecule has 0 heterocycles. The smallest absolute Gasteiger partial charge is 0.119 e. The van der Waals surface area contributed by atoms with E-state index in [1.807, 2.05) is 24.3 Å². The first-order chi connectivity index (χ1) is 9.21. The van der Waals surface area contributed by atoms with Gasteiger partial charge in [0.15, 0.2) is 0 Å². The van der Waals surface area contributed by atoms with Gasteiger partial charge in [-0.1, -0.05) is 26.2 Å². The molecule has 0 aromatic heterocycles. The van der Waals surface area contributed by atoms with Crippen LogP contribution < -0.4 is 10.1 Å². The zero-order chi connectivity index (χ0) is 13.7. The molecule has 0 spiro atoms. The molecule has 19 heavy (non-hydrogen) atoms. The SMILES string of the molecule is CCC1CCCC(CO)(Nc2ccc(OC)cc2)C1. The second-order valence-electron chi connectivity index (χ2n) is 5.66. The van der Waals surface area contributed by atoms with Gasteiger partial charge in [0.1, 0.15) is 5.75 Å². The molecule has 1 fully saturated rings. The van der Waals surface area contributed by atoms with Crippen molar-refractivity contribution in [3.63, 3.8) is 0 Å². The van der Waals surface area contributed by atoms with Crippen LogP contribution in [-0.4, -0.2) is 24.4 Å². The zero-order valence-electron chi connectivity index (χ0n) is 12.0. The van der Waals surface area contributed by atoms with E-state index in [4.69, 9.17) is 4.74 Å². The minimum absolute atomic E-state index is 0.145. The van der Waals surface area contributed by atoms with Crippen LogP contribution in [0.3, 0.4) is 0 Å². The Labute approximate surface area is 116 Å². The van der Waals surface area contributed by atoms with Crippen LogP contribution in [0.4, 0.5) is 5.69 Å². The van der Waals surface area contributed by atoms with E-state index in [0.717, 1.165) is 30.2 Å². The van der Waals surface area contributed by atoms with Gasteiger partial charge in [0.2, 0.25) is 0 Å². The second-order valence-corrected chi connectivity index (χ2v) is 5.66. The van der Waals surface area contributed by atoms with Crippen LogP contribution in [0.15, 0.2) is 24.3 Å². The quantitative estimate of drug-likeness (QED) is 0.855. The standard InChI is InChI=1S/C16H25NO2/c1-3-13-5-4-10-16(11-13,12-18)17-14-6-8-15(19-2)9-7-14/h6-9,13,17-18H,3-5,10-12H2,1-2H3. The molecule has 0 amide bonds. The molecule has 3 nitrogen and oxygen atoms in total. The van der Waals surface area contributed by atoms with E-state index in [2.05, 4.69) is 12.2 Å². The average Bonchev–Trinajstić information content (AvgIpc) is 2.48. The van der Waals surface area contributed by atoms with Crippen molar-refractivity contribution in [1.29, 1.82) is 0 Å². The molecule has 1 aliphatic carbocycles. The van der Waals surface area contributed by atoms with Gasteiger partial charge in [0.25, 0.3) is 0 Å². The molecule has 3 heteroatoms. The number of nitrogens with one attached hydrogen (secondary N) is 1. The molecule has 0 aliphatic heterocycles. The highest BCUT2D eigenvalue weighted by Crippen LogP contribution is 2.36. The first-order valence-corrected chi connectivity index (χ1v) is 7.24. The summed E-state index contributed by atoms with van der Waals surface area (Å²) in [6.07, 6.45) is 5.80. The molecule has 1 aromatic carbocycles. The molecule has 2 N–H and O–H groups in total. The molecule has 0 radical (unpaired) electrons. The first-order valence-electron chi connectivity index (χ1n) is 7.24. The van der Waals surface area contributed by atoms with Crippen molar-refractivity contribution in [2.45, 2.75) is 44.6 Å². The van der Waals surface area contributed by atoms with Gasteiger partial charge in [-0.15, -0.1) is 0 Å². The fraction of sp³-hybridized carbons (Fsp3) is 0.625. The van der Waals surface area contributed by atoms with Crippen molar-refractivity contribution in [2.75, 3.05) is 19.0 Å². The summed E-state index contributed by atoms with van der Waals surface area (Å²) in [6.45, 7) is 2.45. The van der Waals surface area contributed by atoms with E-state index in [1.165, 1.54) is 19.3 Å². The van der Waals surface area contributed by atoms with Crippen molar-refractivity contribution < 1.29 is 9.84 Å². The van der Waals surface area contributed by atoms with Crippen molar-refractivity contribution in [3.05, 3.63) is 24.3 Å². The summed E-state index contributed by atoms with van der Waals surface area (Å²) in [4.78, 5) is 0. The Morgan fingerprint density at radius 3 is 2.68 bits per heavy atom. The van der Waals surface area contributed by atoms with Crippen LogP contribution in [0.25, 0.3) is 0 Å². The first kappa shape index (κ1) is 14.2. The monoisotopic (exact) mass is 263 g/mol. The predicted molar refractivity (Wildman–Crippen MR) is 78.7 cm³/mol. The lowest BCUT2D eigenvalue weighted by Gasteiger charge is -2.41. The van der Waals surface area contributed by atoms with E-state index in [0.29, 0.717) is 0 Å². The van der Waals surface area contributed by atoms with Gasteiger partial charge in [-0.05, 0) is 43.0 Å². The van der Waals surface area contributed by atoms with Crippen LogP contribution >= 0.6 is 0 Å². The Bertz CT molecular complexity index is 390. The average molecular weight is 263 g/mol. The van der Waals surface area contributed by atoms with Crippen LogP contribution in [0.1, 0.15) is 39.0 Å². The third kappa shape index (κ3) is 3.41. The number of rotatable bonds is 5. The third-order valence-electron chi connectivity index (χ3n) is 4.33. The van der Waals surface area contributed by atoms with Crippen LogP contribution in [0.5, 0.6) is 5.75 Å². The number of hydrogen-bond donors (Lipinski definition) is 2. The Balaban J connectivity index is 2.08. The number of benzene rings is 1. The Morgan fingerprint density at radius 2 is 2.11 bits per heavy atom. The maximum absolute atomic E-state index is 9.83. The second kappa shape index (κ2) is 6.29. The Kier molecular flexibility index (Phi) is 4.70. The van der Waals surface area contributed by atoms with Gasteiger partial charge < -0.3 is 15.2 Å². The fourth-order valence-corrected chi connectivity index (χ4v) is 3.11. The number of aliphatic hydroxyl groups is 1. The lowest BCUT2D eigenvalue weighted by atomic mass is 9.75. The van der Waals surface area contributed by atoms with Gasteiger partial charge in [0.05, 0.1) is 19.3 Å². The molecule has 1 saturated carbocycles. The minimum Gasteiger partial charge on any atom is -0.497 e. The Morgan fingerprint density at radius 1 is 1.37 bits per heavy atom. The van der Waals surface area contributed by atoms with Crippen LogP contribution in [0.2, 0.25) is 0 Å². The van der Waals surface area contributed by atoms with Gasteiger partial charge in [0, 0.05) is 5.69 Å². The molecular weight excluding hydrogens is 238 g/mol. The number of ether oxygens (including phenoxy) is 1. The summed E-state index contributed by atoms with van der Waals surface area (Å²) in [5, 5.41) is 13.4. The molecule has 0 saturated heterocycles. The largest absolute Gasteiger partial charge is 0.497 e. The van der Waals surface area contributed by atoms with E-state index in [-0.39, 0.29) is 12.1 Å². The molecule has 1 aliphatic rings. The molecular formula is C16H25NO2. The van der Waals surface area contributed by atoms with Crippen LogP contribution in [-0.2, 0) is 0 Å². The van der Waals surface area contributed by atoms with E-state index >= 15 is 0 Å². The fourth-order valence-electron chi connectivity index (χ4n) is 3.11. The number of methoxy groups -OCH3 is 1. The molecule has 2 atom stereocenters. The van der Waals surface area contributed by atoms with E-state index < -0.39 is 0 Å². The predicted octanol–water partition coefficient (Wildman–Crippen LogP) is 3.44. The summed E-state index contributed by atoms with van der Waals surface area (Å²) < 4.78 is 5.17. The third-order valence-corrected chi connectivity index (χ3v) is 4.33. The maximum Gasteiger partial charge on any atom is 0.119 e. The summed E-state index contributed by atoms with van der Waals surface area (Å²) in [5.74, 6) is 1.59. The van der Waals surface area contributed by atoms with Crippen molar-refractivity contribution in [1.82, 2.24) is 0 Å². The number of aliphatic hydroxyl groups excluding tert-OH is 1. The lowest BCUT2D eigenvalue weighted by molar-refractivity contribution is 0.142. The zero-order valence-corrected chi connectivity index (χ0v) is 12.0. The highest BCUT2D eigenvalue weighted by atomic mass is 16.5. The number of anilines is 1. The van der Waals surface area contributed by atoms with Crippen molar-refractivity contribution in [2.24, 2.45) is 5.92 Å². The highest BCUT2D eigenvalue weighted by Gasteiger charge is 2.35. The maximum atomic E-state index is 9.83. The number of hydrogen-bond acceptors (Lipinski definition) is 3. The highest BCUT2D eigenvalue weighted by molar-refractivity contribution is 5.48. The molecule has 2 rings (SSSR count). The van der Waals surface area contributed by atoms with Crippen molar-refractivity contribution >= 4 is 5.69 Å². The lowest BCUT2D eigenvalue weighted by Crippen LogP contribution is -2.46. The van der Waals surface area contributed by atoms with Gasteiger partial charge >= 0.3 is 0 Å². The molecule has 106 valence electrons. The summed E-state index contributed by atoms with van der Waals surface area (Å²) >= 11 is 0. The van der Waals surface area contributed by atoms with Crippen LogP contribution in [0, 0.1) is 5.92 Å². The summed E-state index contributed by atoms with van der Waals surface area (Å²) in [6, 6.07) is 7.94. The van der Waals surface area contributed by atoms with Gasteiger partial charge in [-0.2, -0.15) is 0 Å². The molecule has 0 bridgehead atoms. The summed E-state index contributed by atoms with van der Waals surface area (Å²) in [7, 11) is 1.67. The van der Waals surface area contributed by atoms with E-state index in [9.17, 15) is 5.11 Å². The molecule has 1 aromatic rings. The van der Waals surface area contributed by atoms with E-state index in [1.54, 1.807) is 7.11 Å². The Hall–Kier alpha value is -1.22. The normalized spacial score (nSPS) is 27.0. The van der Waals surface area contributed by atoms with Gasteiger partial charge in [-0.25, -0.2) is 0 Å². The molecule has 2 unspecified atom stereocenters. The summed E-state index contributed by atoms with van der Waals surface area (Å²) in [5.41, 5.74) is 0.916.